The number of aromatic hydroxyl groups is 2. The maximum absolute atomic E-state index is 9.52. The average molecular weight is 328 g/mol. The maximum atomic E-state index is 9.52. The molecule has 0 aromatic carbocycles. The molecule has 0 bridgehead atoms. The number of anilines is 2. The number of nitrogen functional groups attached to an aromatic ring is 1. The van der Waals surface area contributed by atoms with Gasteiger partial charge in [0.2, 0.25) is 28.5 Å². The van der Waals surface area contributed by atoms with Crippen molar-refractivity contribution in [3.05, 3.63) is 0 Å². The van der Waals surface area contributed by atoms with Crippen LogP contribution in [-0.2, 0) is 0 Å². The monoisotopic (exact) mass is 328 g/mol. The van der Waals surface area contributed by atoms with Crippen molar-refractivity contribution in [2.24, 2.45) is 10.2 Å². The summed E-state index contributed by atoms with van der Waals surface area (Å²) >= 11 is 5.33. The van der Waals surface area contributed by atoms with E-state index in [-0.39, 0.29) is 16.8 Å². The Hall–Kier alpha value is -2.21. The molecular formula is C9H12N8O2S2. The van der Waals surface area contributed by atoms with Gasteiger partial charge in [0.15, 0.2) is 0 Å². The van der Waals surface area contributed by atoms with E-state index in [2.05, 4.69) is 43.0 Å². The van der Waals surface area contributed by atoms with Crippen LogP contribution in [0.4, 0.5) is 21.9 Å². The summed E-state index contributed by atoms with van der Waals surface area (Å²) in [6.45, 7) is 0.711. The maximum Gasteiger partial charge on any atom is 0.253 e. The molecule has 0 unspecified atom stereocenters. The van der Waals surface area contributed by atoms with Gasteiger partial charge in [-0.3, -0.25) is 0 Å². The van der Waals surface area contributed by atoms with E-state index < -0.39 is 11.8 Å². The molecule has 21 heavy (non-hydrogen) atoms. The third-order valence-electron chi connectivity index (χ3n) is 2.27. The molecule has 0 amide bonds. The minimum atomic E-state index is -0.569. The van der Waals surface area contributed by atoms with Gasteiger partial charge >= 0.3 is 0 Å². The highest BCUT2D eigenvalue weighted by molar-refractivity contribution is 7.80. The van der Waals surface area contributed by atoms with Gasteiger partial charge in [-0.2, -0.15) is 22.6 Å². The van der Waals surface area contributed by atoms with Crippen LogP contribution in [0.1, 0.15) is 0 Å². The van der Waals surface area contributed by atoms with Crippen molar-refractivity contribution in [1.29, 1.82) is 0 Å². The second kappa shape index (κ2) is 6.49. The summed E-state index contributed by atoms with van der Waals surface area (Å²) in [5.74, 6) is -0.728. The highest BCUT2D eigenvalue weighted by Gasteiger charge is 2.13. The van der Waals surface area contributed by atoms with Gasteiger partial charge in [0.05, 0.1) is 0 Å². The van der Waals surface area contributed by atoms with E-state index in [1.54, 1.807) is 0 Å². The molecule has 10 nitrogen and oxygen atoms in total. The second-order valence-corrected chi connectivity index (χ2v) is 5.17. The normalized spacial score (nSPS) is 11.1. The molecule has 4 N–H and O–H groups in total. The molecule has 0 radical (unpaired) electrons. The molecule has 2 heterocycles. The predicted octanol–water partition coefficient (Wildman–Crippen LogP) is 1.10. The van der Waals surface area contributed by atoms with Crippen molar-refractivity contribution in [1.82, 2.24) is 20.2 Å². The van der Waals surface area contributed by atoms with Gasteiger partial charge in [-0.1, -0.05) is 11.3 Å². The Balaban J connectivity index is 2.19. The van der Waals surface area contributed by atoms with E-state index in [0.717, 1.165) is 0 Å². The molecule has 0 aliphatic carbocycles. The summed E-state index contributed by atoms with van der Waals surface area (Å²) in [6, 6.07) is 0. The summed E-state index contributed by atoms with van der Waals surface area (Å²) in [5, 5.41) is 35.1. The molecule has 0 fully saturated rings. The topological polar surface area (TPSA) is 146 Å². The van der Waals surface area contributed by atoms with E-state index in [9.17, 15) is 10.2 Å². The largest absolute Gasteiger partial charge is 0.491 e. The van der Waals surface area contributed by atoms with Gasteiger partial charge in [0.25, 0.3) is 5.13 Å². The Bertz CT molecular complexity index is 638. The molecule has 112 valence electrons. The van der Waals surface area contributed by atoms with Crippen LogP contribution in [0.15, 0.2) is 10.2 Å². The fraction of sp³-hybridized carbons (Fsp3) is 0.333. The molecule has 0 saturated carbocycles. The van der Waals surface area contributed by atoms with Crippen LogP contribution >= 0.6 is 24.0 Å². The zero-order valence-corrected chi connectivity index (χ0v) is 12.6. The van der Waals surface area contributed by atoms with E-state index in [1.807, 2.05) is 11.9 Å². The minimum absolute atomic E-state index is 0.256. The van der Waals surface area contributed by atoms with Crippen LogP contribution in [0.3, 0.4) is 0 Å². The molecule has 12 heteroatoms. The van der Waals surface area contributed by atoms with Gasteiger partial charge in [-0.25, -0.2) is 0 Å². The zero-order chi connectivity index (χ0) is 15.4. The molecule has 0 aliphatic rings. The Morgan fingerprint density at radius 3 is 2.52 bits per heavy atom. The van der Waals surface area contributed by atoms with Crippen molar-refractivity contribution >= 4 is 45.9 Å². The number of aromatic nitrogens is 4. The lowest BCUT2D eigenvalue weighted by Gasteiger charge is -2.11. The first-order valence-corrected chi connectivity index (χ1v) is 7.09. The number of rotatable bonds is 5. The summed E-state index contributed by atoms with van der Waals surface area (Å²) in [6.07, 6.45) is 0. The number of nitrogens with zero attached hydrogens (tertiary/aromatic N) is 7. The quantitative estimate of drug-likeness (QED) is 0.471. The van der Waals surface area contributed by atoms with Crippen molar-refractivity contribution < 1.29 is 10.2 Å². The van der Waals surface area contributed by atoms with Crippen LogP contribution in [0.5, 0.6) is 11.8 Å². The van der Waals surface area contributed by atoms with Gasteiger partial charge in [0.1, 0.15) is 0 Å². The SMILES string of the molecule is CN(CCS)c1nnc(/N=N/c2c(O)nc(N)nc2O)s1. The Morgan fingerprint density at radius 2 is 1.90 bits per heavy atom. The lowest BCUT2D eigenvalue weighted by Crippen LogP contribution is -2.19. The van der Waals surface area contributed by atoms with Crippen LogP contribution in [0, 0.1) is 0 Å². The van der Waals surface area contributed by atoms with Crippen molar-refractivity contribution in [2.75, 3.05) is 30.0 Å². The smallest absolute Gasteiger partial charge is 0.253 e. The number of hydrogen-bond donors (Lipinski definition) is 4. The molecule has 0 atom stereocenters. The molecule has 2 aromatic rings. The first-order valence-electron chi connectivity index (χ1n) is 5.64. The Morgan fingerprint density at radius 1 is 1.24 bits per heavy atom. The van der Waals surface area contributed by atoms with E-state index in [4.69, 9.17) is 5.73 Å². The van der Waals surface area contributed by atoms with Crippen molar-refractivity contribution in [2.45, 2.75) is 0 Å². The van der Waals surface area contributed by atoms with Gasteiger partial charge in [-0.05, 0) is 0 Å². The molecule has 0 aliphatic heterocycles. The van der Waals surface area contributed by atoms with Crippen LogP contribution in [0.25, 0.3) is 0 Å². The third kappa shape index (κ3) is 3.66. The Labute approximate surface area is 128 Å². The third-order valence-corrected chi connectivity index (χ3v) is 3.39. The molecule has 0 spiro atoms. The summed E-state index contributed by atoms with van der Waals surface area (Å²) < 4.78 is 0. The van der Waals surface area contributed by atoms with Crippen molar-refractivity contribution in [3.63, 3.8) is 0 Å². The summed E-state index contributed by atoms with van der Waals surface area (Å²) in [5.41, 5.74) is 4.97. The minimum Gasteiger partial charge on any atom is -0.491 e. The van der Waals surface area contributed by atoms with E-state index in [1.165, 1.54) is 11.3 Å². The highest BCUT2D eigenvalue weighted by atomic mass is 32.1. The van der Waals surface area contributed by atoms with Gasteiger partial charge < -0.3 is 20.8 Å². The van der Waals surface area contributed by atoms with Crippen LogP contribution in [0.2, 0.25) is 0 Å². The first-order chi connectivity index (χ1) is 10.0. The molecule has 2 rings (SSSR count). The number of thiol groups is 1. The molecule has 2 aromatic heterocycles. The number of nitrogens with two attached hydrogens (primary N) is 1. The summed E-state index contributed by atoms with van der Waals surface area (Å²) in [7, 11) is 1.85. The van der Waals surface area contributed by atoms with E-state index in [0.29, 0.717) is 17.4 Å². The number of hydrogen-bond acceptors (Lipinski definition) is 12. The summed E-state index contributed by atoms with van der Waals surface area (Å²) in [4.78, 5) is 8.79. The molecular weight excluding hydrogens is 316 g/mol. The van der Waals surface area contributed by atoms with Crippen LogP contribution in [-0.4, -0.2) is 49.7 Å². The van der Waals surface area contributed by atoms with E-state index >= 15 is 0 Å². The molecule has 0 saturated heterocycles. The van der Waals surface area contributed by atoms with Crippen LogP contribution < -0.4 is 10.6 Å². The number of azo groups is 1. The van der Waals surface area contributed by atoms with Gasteiger partial charge in [-0.15, -0.1) is 20.4 Å². The highest BCUT2D eigenvalue weighted by Crippen LogP contribution is 2.35. The lowest BCUT2D eigenvalue weighted by atomic mass is 10.5. The fourth-order valence-corrected chi connectivity index (χ4v) is 2.23. The lowest BCUT2D eigenvalue weighted by molar-refractivity contribution is 0.426. The van der Waals surface area contributed by atoms with Crippen molar-refractivity contribution in [3.8, 4) is 11.8 Å². The Kier molecular flexibility index (Phi) is 4.70. The standard InChI is InChI=1S/C9H12N8O2S2/c1-17(2-3-20)9-16-15-8(21-9)14-13-4-5(18)11-7(10)12-6(4)19/h20H,2-3H2,1H3,(H4,10,11,12,18,19)/b14-13+. The average Bonchev–Trinajstić information content (AvgIpc) is 2.86. The first kappa shape index (κ1) is 15.2. The van der Waals surface area contributed by atoms with Gasteiger partial charge in [0, 0.05) is 19.3 Å². The predicted molar refractivity (Wildman–Crippen MR) is 81.0 cm³/mol. The fourth-order valence-electron chi connectivity index (χ4n) is 1.28. The zero-order valence-electron chi connectivity index (χ0n) is 10.9. The second-order valence-electron chi connectivity index (χ2n) is 3.79.